The molecule has 1 N–H and O–H groups in total. The van der Waals surface area contributed by atoms with Crippen LogP contribution in [0.2, 0.25) is 0 Å². The lowest BCUT2D eigenvalue weighted by Crippen LogP contribution is -2.26. The van der Waals surface area contributed by atoms with Crippen LogP contribution >= 0.6 is 23.5 Å². The van der Waals surface area contributed by atoms with Gasteiger partial charge in [-0.3, -0.25) is 4.79 Å². The zero-order valence-electron chi connectivity index (χ0n) is 13.4. The molecule has 0 saturated heterocycles. The normalized spacial score (nSPS) is 13.2. The Bertz CT molecular complexity index is 900. The van der Waals surface area contributed by atoms with Crippen LogP contribution in [-0.2, 0) is 13.1 Å². The molecule has 2 aromatic carbocycles. The first kappa shape index (κ1) is 15.7. The Kier molecular flexibility index (Phi) is 4.29. The summed E-state index contributed by atoms with van der Waals surface area (Å²) in [5.74, 6) is 1.01. The summed E-state index contributed by atoms with van der Waals surface area (Å²) in [4.78, 5) is 15.2. The van der Waals surface area contributed by atoms with Crippen molar-refractivity contribution >= 4 is 40.3 Å². The molecule has 0 bridgehead atoms. The Morgan fingerprint density at radius 2 is 2.08 bits per heavy atom. The van der Waals surface area contributed by atoms with Gasteiger partial charge in [0.25, 0.3) is 5.91 Å². The van der Waals surface area contributed by atoms with Gasteiger partial charge in [-0.1, -0.05) is 24.3 Å². The number of aryl methyl sites for hydroxylation is 1. The van der Waals surface area contributed by atoms with E-state index in [4.69, 9.17) is 0 Å². The number of hydrogen-bond donors (Lipinski definition) is 1. The highest BCUT2D eigenvalue weighted by molar-refractivity contribution is 7.99. The number of thioether (sulfide) groups is 2. The summed E-state index contributed by atoms with van der Waals surface area (Å²) in [5, 5.41) is 4.21. The summed E-state index contributed by atoms with van der Waals surface area (Å²) in [6.45, 7) is 1.44. The van der Waals surface area contributed by atoms with Crippen LogP contribution in [-0.4, -0.2) is 22.5 Å². The quantitative estimate of drug-likeness (QED) is 0.705. The van der Waals surface area contributed by atoms with E-state index in [2.05, 4.69) is 58.6 Å². The summed E-state index contributed by atoms with van der Waals surface area (Å²) in [5.41, 5.74) is 3.08. The van der Waals surface area contributed by atoms with Gasteiger partial charge in [0.1, 0.15) is 5.69 Å². The summed E-state index contributed by atoms with van der Waals surface area (Å²) < 4.78 is 2.16. The first-order valence-corrected chi connectivity index (χ1v) is 10.1. The molecule has 3 aromatic rings. The topological polar surface area (TPSA) is 34.0 Å². The molecule has 4 rings (SSSR count). The van der Waals surface area contributed by atoms with E-state index < -0.39 is 0 Å². The van der Waals surface area contributed by atoms with E-state index in [1.165, 1.54) is 15.3 Å². The largest absolute Gasteiger partial charge is 0.347 e. The van der Waals surface area contributed by atoms with Crippen LogP contribution in [0.1, 0.15) is 16.1 Å². The van der Waals surface area contributed by atoms with Crippen molar-refractivity contribution in [2.24, 2.45) is 0 Å². The van der Waals surface area contributed by atoms with Crippen molar-refractivity contribution < 1.29 is 4.79 Å². The monoisotopic (exact) mass is 354 g/mol. The van der Waals surface area contributed by atoms with Crippen LogP contribution in [0.3, 0.4) is 0 Å². The average molecular weight is 355 g/mol. The van der Waals surface area contributed by atoms with Gasteiger partial charge in [0.15, 0.2) is 0 Å². The molecule has 0 saturated carbocycles. The molecular formula is C19H18N2OS2. The van der Waals surface area contributed by atoms with E-state index in [1.807, 2.05) is 17.8 Å². The van der Waals surface area contributed by atoms with Gasteiger partial charge in [0, 0.05) is 34.0 Å². The van der Waals surface area contributed by atoms with Crippen molar-refractivity contribution in [1.29, 1.82) is 0 Å². The number of amides is 1. The Labute approximate surface area is 149 Å². The molecule has 0 radical (unpaired) electrons. The number of para-hydroxylation sites is 1. The van der Waals surface area contributed by atoms with E-state index in [0.717, 1.165) is 28.9 Å². The SMILES string of the molecule is CSc1ccc(CNC(=O)c2cc3cccc4c3n2CCS4)cc1. The fourth-order valence-corrected chi connectivity index (χ4v) is 4.53. The highest BCUT2D eigenvalue weighted by atomic mass is 32.2. The molecule has 0 aliphatic carbocycles. The number of benzene rings is 2. The minimum Gasteiger partial charge on any atom is -0.347 e. The second-order valence-electron chi connectivity index (χ2n) is 5.75. The predicted octanol–water partition coefficient (Wildman–Crippen LogP) is 4.40. The van der Waals surface area contributed by atoms with E-state index in [0.29, 0.717) is 6.54 Å². The summed E-state index contributed by atoms with van der Waals surface area (Å²) in [6, 6.07) is 16.6. The molecule has 3 nitrogen and oxygen atoms in total. The second-order valence-corrected chi connectivity index (χ2v) is 7.77. The molecule has 1 aliphatic heterocycles. The number of rotatable bonds is 4. The number of carbonyl (C=O) groups excluding carboxylic acids is 1. The van der Waals surface area contributed by atoms with Gasteiger partial charge in [-0.25, -0.2) is 0 Å². The number of nitrogens with one attached hydrogen (secondary N) is 1. The molecule has 1 amide bonds. The number of nitrogens with zero attached hydrogens (tertiary/aromatic N) is 1. The smallest absolute Gasteiger partial charge is 0.268 e. The van der Waals surface area contributed by atoms with Crippen LogP contribution in [0.5, 0.6) is 0 Å². The van der Waals surface area contributed by atoms with Gasteiger partial charge in [-0.15, -0.1) is 23.5 Å². The minimum atomic E-state index is -0.00186. The zero-order valence-corrected chi connectivity index (χ0v) is 15.0. The second kappa shape index (κ2) is 6.57. The van der Waals surface area contributed by atoms with Gasteiger partial charge in [-0.05, 0) is 36.1 Å². The van der Waals surface area contributed by atoms with Crippen molar-refractivity contribution in [3.8, 4) is 0 Å². The highest BCUT2D eigenvalue weighted by Crippen LogP contribution is 2.34. The Morgan fingerprint density at radius 3 is 2.88 bits per heavy atom. The maximum atomic E-state index is 12.7. The zero-order chi connectivity index (χ0) is 16.5. The maximum absolute atomic E-state index is 12.7. The van der Waals surface area contributed by atoms with Gasteiger partial charge in [0.05, 0.1) is 5.52 Å². The molecule has 24 heavy (non-hydrogen) atoms. The molecule has 1 aromatic heterocycles. The number of carbonyl (C=O) groups is 1. The first-order chi connectivity index (χ1) is 11.8. The molecular weight excluding hydrogens is 336 g/mol. The van der Waals surface area contributed by atoms with Crippen LogP contribution in [0.25, 0.3) is 10.9 Å². The lowest BCUT2D eigenvalue weighted by molar-refractivity contribution is 0.0942. The van der Waals surface area contributed by atoms with Crippen molar-refractivity contribution in [2.75, 3.05) is 12.0 Å². The lowest BCUT2D eigenvalue weighted by atomic mass is 10.2. The first-order valence-electron chi connectivity index (χ1n) is 7.92. The summed E-state index contributed by atoms with van der Waals surface area (Å²) >= 11 is 3.59. The fourth-order valence-electron chi connectivity index (χ4n) is 3.09. The highest BCUT2D eigenvalue weighted by Gasteiger charge is 2.20. The van der Waals surface area contributed by atoms with E-state index in [1.54, 1.807) is 11.8 Å². The molecule has 0 unspecified atom stereocenters. The molecule has 0 fully saturated rings. The minimum absolute atomic E-state index is 0.00186. The third-order valence-electron chi connectivity index (χ3n) is 4.30. The molecule has 5 heteroatoms. The standard InChI is InChI=1S/C19H18N2OS2/c1-23-15-7-5-13(6-8-15)12-20-19(22)16-11-14-3-2-4-17-18(14)21(16)9-10-24-17/h2-8,11H,9-10,12H2,1H3,(H,20,22). The summed E-state index contributed by atoms with van der Waals surface area (Å²) in [7, 11) is 0. The van der Waals surface area contributed by atoms with Gasteiger partial charge < -0.3 is 9.88 Å². The molecule has 0 spiro atoms. The van der Waals surface area contributed by atoms with Crippen molar-refractivity contribution in [1.82, 2.24) is 9.88 Å². The van der Waals surface area contributed by atoms with E-state index in [9.17, 15) is 4.79 Å². The lowest BCUT2D eigenvalue weighted by Gasteiger charge is -2.17. The molecule has 0 atom stereocenters. The average Bonchev–Trinajstić information content (AvgIpc) is 3.01. The molecule has 2 heterocycles. The van der Waals surface area contributed by atoms with Crippen LogP contribution < -0.4 is 5.32 Å². The van der Waals surface area contributed by atoms with Crippen molar-refractivity contribution in [3.63, 3.8) is 0 Å². The van der Waals surface area contributed by atoms with Gasteiger partial charge in [-0.2, -0.15) is 0 Å². The van der Waals surface area contributed by atoms with Crippen molar-refractivity contribution in [2.45, 2.75) is 22.9 Å². The molecule has 122 valence electrons. The third kappa shape index (κ3) is 2.82. The Balaban J connectivity index is 1.56. The predicted molar refractivity (Wildman–Crippen MR) is 102 cm³/mol. The summed E-state index contributed by atoms with van der Waals surface area (Å²) in [6.07, 6.45) is 2.06. The van der Waals surface area contributed by atoms with Gasteiger partial charge >= 0.3 is 0 Å². The van der Waals surface area contributed by atoms with Gasteiger partial charge in [0.2, 0.25) is 0 Å². The molecule has 1 aliphatic rings. The van der Waals surface area contributed by atoms with Crippen LogP contribution in [0, 0.1) is 0 Å². The van der Waals surface area contributed by atoms with Crippen LogP contribution in [0.15, 0.2) is 58.3 Å². The Morgan fingerprint density at radius 1 is 1.25 bits per heavy atom. The van der Waals surface area contributed by atoms with E-state index in [-0.39, 0.29) is 5.91 Å². The number of hydrogen-bond acceptors (Lipinski definition) is 3. The van der Waals surface area contributed by atoms with Crippen LogP contribution in [0.4, 0.5) is 0 Å². The maximum Gasteiger partial charge on any atom is 0.268 e. The Hall–Kier alpha value is -1.85. The van der Waals surface area contributed by atoms with Crippen molar-refractivity contribution in [3.05, 3.63) is 59.8 Å². The number of aromatic nitrogens is 1. The van der Waals surface area contributed by atoms with E-state index >= 15 is 0 Å². The third-order valence-corrected chi connectivity index (χ3v) is 6.07. The fraction of sp³-hybridized carbons (Fsp3) is 0.211.